The molecule has 140 valence electrons. The van der Waals surface area contributed by atoms with Crippen LogP contribution in [0.2, 0.25) is 5.02 Å². The fraction of sp³-hybridized carbons (Fsp3) is 0.278. The van der Waals surface area contributed by atoms with Crippen LogP contribution in [-0.2, 0) is 14.8 Å². The molecule has 0 aliphatic carbocycles. The summed E-state index contributed by atoms with van der Waals surface area (Å²) in [6, 6.07) is 8.84. The summed E-state index contributed by atoms with van der Waals surface area (Å²) in [7, 11) is -3.62. The van der Waals surface area contributed by atoms with E-state index in [2.05, 4.69) is 10.0 Å². The molecule has 0 aromatic heterocycles. The highest BCUT2D eigenvalue weighted by atomic mass is 35.5. The largest absolute Gasteiger partial charge is 0.324 e. The fourth-order valence-corrected chi connectivity index (χ4v) is 3.54. The summed E-state index contributed by atoms with van der Waals surface area (Å²) >= 11 is 5.65. The van der Waals surface area contributed by atoms with Gasteiger partial charge in [0, 0.05) is 18.0 Å². The van der Waals surface area contributed by atoms with Gasteiger partial charge < -0.3 is 5.32 Å². The second kappa shape index (κ2) is 8.62. The Bertz CT molecular complexity index is 917. The number of hydrogen-bond donors (Lipinski definition) is 2. The molecule has 0 radical (unpaired) electrons. The third-order valence-corrected chi connectivity index (χ3v) is 5.56. The molecule has 5 nitrogen and oxygen atoms in total. The van der Waals surface area contributed by atoms with E-state index in [0.29, 0.717) is 0 Å². The van der Waals surface area contributed by atoms with E-state index in [1.165, 1.54) is 12.1 Å². The first kappa shape index (κ1) is 20.4. The highest BCUT2D eigenvalue weighted by Gasteiger charge is 2.14. The molecule has 0 aliphatic rings. The molecule has 2 aromatic rings. The lowest BCUT2D eigenvalue weighted by molar-refractivity contribution is -0.116. The van der Waals surface area contributed by atoms with Crippen molar-refractivity contribution in [2.24, 2.45) is 0 Å². The first-order valence-electron chi connectivity index (χ1n) is 8.01. The number of amides is 1. The van der Waals surface area contributed by atoms with E-state index in [9.17, 15) is 17.6 Å². The van der Waals surface area contributed by atoms with Crippen molar-refractivity contribution in [3.05, 3.63) is 58.4 Å². The molecule has 2 N–H and O–H groups in total. The lowest BCUT2D eigenvalue weighted by Crippen LogP contribution is -2.26. The minimum atomic E-state index is -3.62. The van der Waals surface area contributed by atoms with E-state index >= 15 is 0 Å². The molecule has 0 fully saturated rings. The van der Waals surface area contributed by atoms with Crippen molar-refractivity contribution in [1.82, 2.24) is 4.72 Å². The summed E-state index contributed by atoms with van der Waals surface area (Å²) < 4.78 is 40.5. The second-order valence-electron chi connectivity index (χ2n) is 5.92. The highest BCUT2D eigenvalue weighted by molar-refractivity contribution is 7.89. The number of nitrogens with one attached hydrogen (secondary N) is 2. The fourth-order valence-electron chi connectivity index (χ4n) is 2.22. The standard InChI is InChI=1S/C18H20ClFN2O3S/c1-12-5-7-15(10-13(12)2)26(24,25)21-9-3-4-18(23)22-17-8-6-14(19)11-16(17)20/h5-8,10-11,21H,3-4,9H2,1-2H3,(H,22,23). The van der Waals surface area contributed by atoms with Crippen LogP contribution < -0.4 is 10.0 Å². The maximum absolute atomic E-state index is 13.6. The monoisotopic (exact) mass is 398 g/mol. The lowest BCUT2D eigenvalue weighted by Gasteiger charge is -2.09. The number of carbonyl (C=O) groups excluding carboxylic acids is 1. The molecule has 0 spiro atoms. The van der Waals surface area contributed by atoms with Gasteiger partial charge in [0.05, 0.1) is 10.6 Å². The van der Waals surface area contributed by atoms with Crippen LogP contribution in [0, 0.1) is 19.7 Å². The number of carbonyl (C=O) groups is 1. The van der Waals surface area contributed by atoms with Crippen molar-refractivity contribution in [2.45, 2.75) is 31.6 Å². The van der Waals surface area contributed by atoms with Crippen molar-refractivity contribution < 1.29 is 17.6 Å². The Hall–Kier alpha value is -1.96. The van der Waals surface area contributed by atoms with E-state index in [4.69, 9.17) is 11.6 Å². The van der Waals surface area contributed by atoms with Crippen molar-refractivity contribution in [3.8, 4) is 0 Å². The maximum Gasteiger partial charge on any atom is 0.240 e. The quantitative estimate of drug-likeness (QED) is 0.696. The number of hydrogen-bond acceptors (Lipinski definition) is 3. The molecule has 0 atom stereocenters. The van der Waals surface area contributed by atoms with Crippen molar-refractivity contribution in [2.75, 3.05) is 11.9 Å². The Kier molecular flexibility index (Phi) is 6.75. The smallest absolute Gasteiger partial charge is 0.240 e. The van der Waals surface area contributed by atoms with Crippen LogP contribution in [0.25, 0.3) is 0 Å². The topological polar surface area (TPSA) is 75.3 Å². The van der Waals surface area contributed by atoms with Gasteiger partial charge in [-0.25, -0.2) is 17.5 Å². The van der Waals surface area contributed by atoms with Crippen LogP contribution >= 0.6 is 11.6 Å². The van der Waals surface area contributed by atoms with Gasteiger partial charge in [-0.1, -0.05) is 17.7 Å². The van der Waals surface area contributed by atoms with E-state index in [1.807, 2.05) is 13.8 Å². The molecule has 0 heterocycles. The molecule has 26 heavy (non-hydrogen) atoms. The molecule has 0 aliphatic heterocycles. The Morgan fingerprint density at radius 2 is 1.85 bits per heavy atom. The van der Waals surface area contributed by atoms with Gasteiger partial charge in [0.1, 0.15) is 5.82 Å². The zero-order valence-corrected chi connectivity index (χ0v) is 16.0. The molecule has 8 heteroatoms. The molecule has 2 aromatic carbocycles. The summed E-state index contributed by atoms with van der Waals surface area (Å²) in [6.45, 7) is 3.85. The summed E-state index contributed by atoms with van der Waals surface area (Å²) in [4.78, 5) is 12.0. The SMILES string of the molecule is Cc1ccc(S(=O)(=O)NCCCC(=O)Nc2ccc(Cl)cc2F)cc1C. The highest BCUT2D eigenvalue weighted by Crippen LogP contribution is 2.19. The number of rotatable bonds is 7. The lowest BCUT2D eigenvalue weighted by atomic mass is 10.1. The predicted molar refractivity (Wildman–Crippen MR) is 100 cm³/mol. The van der Waals surface area contributed by atoms with Gasteiger partial charge in [0.15, 0.2) is 0 Å². The average molecular weight is 399 g/mol. The van der Waals surface area contributed by atoms with Gasteiger partial charge in [-0.3, -0.25) is 4.79 Å². The van der Waals surface area contributed by atoms with Gasteiger partial charge in [0.2, 0.25) is 15.9 Å². The molecule has 0 saturated heterocycles. The first-order valence-corrected chi connectivity index (χ1v) is 9.87. The minimum Gasteiger partial charge on any atom is -0.324 e. The van der Waals surface area contributed by atoms with Gasteiger partial charge >= 0.3 is 0 Å². The average Bonchev–Trinajstić information content (AvgIpc) is 2.56. The Balaban J connectivity index is 1.83. The molecular formula is C18H20ClFN2O3S. The summed E-state index contributed by atoms with van der Waals surface area (Å²) in [5.41, 5.74) is 1.93. The number of aryl methyl sites for hydroxylation is 2. The Morgan fingerprint density at radius 3 is 2.50 bits per heavy atom. The number of sulfonamides is 1. The number of anilines is 1. The van der Waals surface area contributed by atoms with Crippen LogP contribution in [0.5, 0.6) is 0 Å². The zero-order chi connectivity index (χ0) is 19.3. The van der Waals surface area contributed by atoms with E-state index in [1.54, 1.807) is 18.2 Å². The number of halogens is 2. The predicted octanol–water partition coefficient (Wildman–Crippen LogP) is 3.79. The molecule has 0 saturated carbocycles. The minimum absolute atomic E-state index is 0.0371. The zero-order valence-electron chi connectivity index (χ0n) is 14.5. The molecule has 1 amide bonds. The van der Waals surface area contributed by atoms with Gasteiger partial charge in [-0.2, -0.15) is 0 Å². The van der Waals surface area contributed by atoms with Gasteiger partial charge in [0.25, 0.3) is 0 Å². The molecular weight excluding hydrogens is 379 g/mol. The van der Waals surface area contributed by atoms with Crippen LogP contribution in [0.4, 0.5) is 10.1 Å². The van der Waals surface area contributed by atoms with E-state index in [-0.39, 0.29) is 35.0 Å². The Labute approximate surface area is 157 Å². The Morgan fingerprint density at radius 1 is 1.12 bits per heavy atom. The number of benzene rings is 2. The third-order valence-electron chi connectivity index (χ3n) is 3.87. The first-order chi connectivity index (χ1) is 12.2. The van der Waals surface area contributed by atoms with Crippen LogP contribution in [0.15, 0.2) is 41.3 Å². The summed E-state index contributed by atoms with van der Waals surface area (Å²) in [6.07, 6.45) is 0.336. The van der Waals surface area contributed by atoms with Gasteiger partial charge in [-0.05, 0) is 61.7 Å². The molecule has 0 unspecified atom stereocenters. The normalized spacial score (nSPS) is 11.4. The maximum atomic E-state index is 13.6. The van der Waals surface area contributed by atoms with E-state index in [0.717, 1.165) is 17.2 Å². The molecule has 0 bridgehead atoms. The third kappa shape index (κ3) is 5.52. The van der Waals surface area contributed by atoms with Crippen LogP contribution in [-0.4, -0.2) is 20.9 Å². The molecule has 2 rings (SSSR count). The van der Waals surface area contributed by atoms with Crippen molar-refractivity contribution >= 4 is 33.2 Å². The van der Waals surface area contributed by atoms with Crippen LogP contribution in [0.3, 0.4) is 0 Å². The van der Waals surface area contributed by atoms with Crippen LogP contribution in [0.1, 0.15) is 24.0 Å². The van der Waals surface area contributed by atoms with E-state index < -0.39 is 21.7 Å². The summed E-state index contributed by atoms with van der Waals surface area (Å²) in [5.74, 6) is -1.03. The van der Waals surface area contributed by atoms with Crippen molar-refractivity contribution in [1.29, 1.82) is 0 Å². The van der Waals surface area contributed by atoms with Crippen molar-refractivity contribution in [3.63, 3.8) is 0 Å². The second-order valence-corrected chi connectivity index (χ2v) is 8.12. The summed E-state index contributed by atoms with van der Waals surface area (Å²) in [5, 5.41) is 2.67. The van der Waals surface area contributed by atoms with Gasteiger partial charge in [-0.15, -0.1) is 0 Å².